The number of methoxy groups -OCH3 is 1. The summed E-state index contributed by atoms with van der Waals surface area (Å²) in [5, 5.41) is 0. The largest absolute Gasteiger partial charge is 0.496 e. The Balaban J connectivity index is 2.27. The van der Waals surface area contributed by atoms with Gasteiger partial charge in [0.15, 0.2) is 11.5 Å². The monoisotopic (exact) mass is 248 g/mol. The van der Waals surface area contributed by atoms with Crippen molar-refractivity contribution < 1.29 is 18.3 Å². The van der Waals surface area contributed by atoms with Gasteiger partial charge in [-0.2, -0.15) is 0 Å². The number of halogens is 1. The van der Waals surface area contributed by atoms with E-state index in [2.05, 4.69) is 0 Å². The van der Waals surface area contributed by atoms with Crippen LogP contribution in [0.15, 0.2) is 34.7 Å². The van der Waals surface area contributed by atoms with E-state index < -0.39 is 0 Å². The maximum atomic E-state index is 13.2. The first kappa shape index (κ1) is 12.4. The van der Waals surface area contributed by atoms with Crippen LogP contribution in [0.1, 0.15) is 28.8 Å². The normalized spacial score (nSPS) is 10.4. The molecule has 0 bridgehead atoms. The van der Waals surface area contributed by atoms with Crippen LogP contribution in [-0.4, -0.2) is 12.9 Å². The Kier molecular flexibility index (Phi) is 3.46. The number of rotatable bonds is 4. The lowest BCUT2D eigenvalue weighted by Gasteiger charge is -2.06. The second-order valence-corrected chi connectivity index (χ2v) is 3.96. The zero-order valence-electron chi connectivity index (χ0n) is 10.2. The molecule has 1 aromatic carbocycles. The minimum absolute atomic E-state index is 0.132. The SMILES string of the molecule is COc1ccc(F)cc1Cc1ccc(C(C)=O)o1. The van der Waals surface area contributed by atoms with E-state index in [9.17, 15) is 9.18 Å². The lowest BCUT2D eigenvalue weighted by Crippen LogP contribution is -1.94. The van der Waals surface area contributed by atoms with Crippen LogP contribution >= 0.6 is 0 Å². The Morgan fingerprint density at radius 3 is 2.72 bits per heavy atom. The average Bonchev–Trinajstić information content (AvgIpc) is 2.78. The second kappa shape index (κ2) is 5.04. The summed E-state index contributed by atoms with van der Waals surface area (Å²) in [5.74, 6) is 1.04. The molecule has 0 aliphatic carbocycles. The van der Waals surface area contributed by atoms with Gasteiger partial charge in [-0.05, 0) is 30.3 Å². The molecule has 2 aromatic rings. The molecule has 0 saturated heterocycles. The summed E-state index contributed by atoms with van der Waals surface area (Å²) in [6.07, 6.45) is 0.383. The smallest absolute Gasteiger partial charge is 0.194 e. The standard InChI is InChI=1S/C14H13FO3/c1-9(16)13-6-4-12(18-13)8-10-7-11(15)3-5-14(10)17-2/h3-7H,8H2,1-2H3. The molecule has 1 aromatic heterocycles. The summed E-state index contributed by atoms with van der Waals surface area (Å²) in [4.78, 5) is 11.1. The van der Waals surface area contributed by atoms with E-state index in [1.165, 1.54) is 26.2 Å². The first-order chi connectivity index (χ1) is 8.60. The molecule has 0 N–H and O–H groups in total. The number of ether oxygens (including phenoxy) is 1. The van der Waals surface area contributed by atoms with Gasteiger partial charge in [-0.1, -0.05) is 0 Å². The molecule has 0 radical (unpaired) electrons. The zero-order chi connectivity index (χ0) is 13.1. The number of furan rings is 1. The topological polar surface area (TPSA) is 39.4 Å². The third-order valence-corrected chi connectivity index (χ3v) is 2.62. The molecular weight excluding hydrogens is 235 g/mol. The first-order valence-electron chi connectivity index (χ1n) is 5.52. The van der Waals surface area contributed by atoms with Gasteiger partial charge in [0.25, 0.3) is 0 Å². The molecule has 0 saturated carbocycles. The average molecular weight is 248 g/mol. The molecule has 0 atom stereocenters. The van der Waals surface area contributed by atoms with E-state index in [1.807, 2.05) is 0 Å². The third kappa shape index (κ3) is 2.59. The third-order valence-electron chi connectivity index (χ3n) is 2.62. The predicted molar refractivity (Wildman–Crippen MR) is 64.5 cm³/mol. The fraction of sp³-hybridized carbons (Fsp3) is 0.214. The van der Waals surface area contributed by atoms with Crippen LogP contribution in [0.4, 0.5) is 4.39 Å². The van der Waals surface area contributed by atoms with Gasteiger partial charge in [-0.3, -0.25) is 4.79 Å². The van der Waals surface area contributed by atoms with Gasteiger partial charge in [0.05, 0.1) is 7.11 Å². The van der Waals surface area contributed by atoms with Crippen molar-refractivity contribution in [2.45, 2.75) is 13.3 Å². The summed E-state index contributed by atoms with van der Waals surface area (Å²) >= 11 is 0. The molecule has 18 heavy (non-hydrogen) atoms. The minimum atomic E-state index is -0.329. The highest BCUT2D eigenvalue weighted by atomic mass is 19.1. The van der Waals surface area contributed by atoms with Crippen molar-refractivity contribution in [1.29, 1.82) is 0 Å². The quantitative estimate of drug-likeness (QED) is 0.780. The van der Waals surface area contributed by atoms with Crippen LogP contribution in [0.25, 0.3) is 0 Å². The molecule has 3 nitrogen and oxygen atoms in total. The van der Waals surface area contributed by atoms with Crippen LogP contribution < -0.4 is 4.74 Å². The molecule has 0 amide bonds. The lowest BCUT2D eigenvalue weighted by atomic mass is 10.1. The van der Waals surface area contributed by atoms with Crippen molar-refractivity contribution in [1.82, 2.24) is 0 Å². The maximum absolute atomic E-state index is 13.2. The summed E-state index contributed by atoms with van der Waals surface area (Å²) in [6, 6.07) is 7.63. The van der Waals surface area contributed by atoms with Crippen LogP contribution in [-0.2, 0) is 6.42 Å². The van der Waals surface area contributed by atoms with E-state index in [-0.39, 0.29) is 11.6 Å². The summed E-state index contributed by atoms with van der Waals surface area (Å²) in [7, 11) is 1.53. The van der Waals surface area contributed by atoms with E-state index in [0.717, 1.165) is 0 Å². The fourth-order valence-corrected chi connectivity index (χ4v) is 1.74. The van der Waals surface area contributed by atoms with Gasteiger partial charge in [0.2, 0.25) is 0 Å². The molecule has 0 fully saturated rings. The van der Waals surface area contributed by atoms with Crippen LogP contribution in [0.3, 0.4) is 0 Å². The van der Waals surface area contributed by atoms with Crippen molar-refractivity contribution in [3.8, 4) is 5.75 Å². The molecule has 4 heteroatoms. The summed E-state index contributed by atoms with van der Waals surface area (Å²) in [5.41, 5.74) is 0.682. The van der Waals surface area contributed by atoms with Crippen LogP contribution in [0, 0.1) is 5.82 Å². The number of hydrogen-bond donors (Lipinski definition) is 0. The van der Waals surface area contributed by atoms with Crippen LogP contribution in [0.2, 0.25) is 0 Å². The van der Waals surface area contributed by atoms with E-state index in [4.69, 9.17) is 9.15 Å². The molecule has 94 valence electrons. The highest BCUT2D eigenvalue weighted by molar-refractivity contribution is 5.91. The number of carbonyl (C=O) groups excluding carboxylic acids is 1. The van der Waals surface area contributed by atoms with E-state index in [1.54, 1.807) is 18.2 Å². The van der Waals surface area contributed by atoms with E-state index in [0.29, 0.717) is 29.3 Å². The van der Waals surface area contributed by atoms with Crippen molar-refractivity contribution >= 4 is 5.78 Å². The number of Topliss-reactive ketones (excluding diaryl/α,β-unsaturated/α-hetero) is 1. The molecule has 0 spiro atoms. The van der Waals surface area contributed by atoms with Crippen LogP contribution in [0.5, 0.6) is 5.75 Å². The highest BCUT2D eigenvalue weighted by Crippen LogP contribution is 2.23. The number of ketones is 1. The van der Waals surface area contributed by atoms with Crippen molar-refractivity contribution in [3.05, 3.63) is 53.2 Å². The molecule has 2 rings (SSSR count). The van der Waals surface area contributed by atoms with Crippen molar-refractivity contribution in [2.24, 2.45) is 0 Å². The second-order valence-electron chi connectivity index (χ2n) is 3.96. The predicted octanol–water partition coefficient (Wildman–Crippen LogP) is 3.22. The van der Waals surface area contributed by atoms with Gasteiger partial charge >= 0.3 is 0 Å². The maximum Gasteiger partial charge on any atom is 0.194 e. The highest BCUT2D eigenvalue weighted by Gasteiger charge is 2.10. The molecular formula is C14H13FO3. The number of carbonyl (C=O) groups is 1. The van der Waals surface area contributed by atoms with Gasteiger partial charge in [-0.25, -0.2) is 4.39 Å². The van der Waals surface area contributed by atoms with Gasteiger partial charge in [0, 0.05) is 18.9 Å². The Morgan fingerprint density at radius 2 is 2.11 bits per heavy atom. The Morgan fingerprint density at radius 1 is 1.33 bits per heavy atom. The Bertz CT molecular complexity index is 572. The molecule has 0 aliphatic heterocycles. The summed E-state index contributed by atoms with van der Waals surface area (Å²) < 4.78 is 23.7. The zero-order valence-corrected chi connectivity index (χ0v) is 10.2. The van der Waals surface area contributed by atoms with Gasteiger partial charge in [-0.15, -0.1) is 0 Å². The van der Waals surface area contributed by atoms with E-state index >= 15 is 0 Å². The van der Waals surface area contributed by atoms with Gasteiger partial charge < -0.3 is 9.15 Å². The minimum Gasteiger partial charge on any atom is -0.496 e. The molecule has 1 heterocycles. The van der Waals surface area contributed by atoms with Gasteiger partial charge in [0.1, 0.15) is 17.3 Å². The Labute approximate surface area is 104 Å². The molecule has 0 aliphatic rings. The van der Waals surface area contributed by atoms with Crippen molar-refractivity contribution in [2.75, 3.05) is 7.11 Å². The number of hydrogen-bond acceptors (Lipinski definition) is 3. The molecule has 0 unspecified atom stereocenters. The Hall–Kier alpha value is -2.10. The first-order valence-corrected chi connectivity index (χ1v) is 5.52. The number of benzene rings is 1. The summed E-state index contributed by atoms with van der Waals surface area (Å²) in [6.45, 7) is 1.44. The fourth-order valence-electron chi connectivity index (χ4n) is 1.74. The lowest BCUT2D eigenvalue weighted by molar-refractivity contribution is 0.0985. The van der Waals surface area contributed by atoms with Crippen molar-refractivity contribution in [3.63, 3.8) is 0 Å².